The molecule has 128 valence electrons. The highest BCUT2D eigenvalue weighted by atomic mass is 16.4. The van der Waals surface area contributed by atoms with E-state index in [1.54, 1.807) is 6.20 Å². The van der Waals surface area contributed by atoms with Gasteiger partial charge in [0.15, 0.2) is 0 Å². The van der Waals surface area contributed by atoms with Crippen molar-refractivity contribution >= 4 is 5.97 Å². The second-order valence-electron chi connectivity index (χ2n) is 6.93. The largest absolute Gasteiger partial charge is 0.480 e. The Labute approximate surface area is 136 Å². The molecule has 3 rings (SSSR count). The van der Waals surface area contributed by atoms with Gasteiger partial charge in [-0.15, -0.1) is 0 Å². The van der Waals surface area contributed by atoms with Crippen LogP contribution in [0.15, 0.2) is 12.4 Å². The number of imidazole rings is 1. The first-order chi connectivity index (χ1) is 11.1. The summed E-state index contributed by atoms with van der Waals surface area (Å²) in [6, 6.07) is 0. The molecule has 3 heterocycles. The second kappa shape index (κ2) is 6.98. The number of likely N-dealkylation sites (tertiary alicyclic amines) is 2. The number of carbonyl (C=O) groups is 1. The molecule has 2 aliphatic heterocycles. The number of carboxylic acids is 1. The van der Waals surface area contributed by atoms with Crippen molar-refractivity contribution < 1.29 is 15.0 Å². The zero-order valence-corrected chi connectivity index (χ0v) is 13.4. The van der Waals surface area contributed by atoms with E-state index in [4.69, 9.17) is 5.11 Å². The van der Waals surface area contributed by atoms with Crippen LogP contribution in [0.5, 0.6) is 0 Å². The third-order valence-electron chi connectivity index (χ3n) is 5.63. The van der Waals surface area contributed by atoms with Crippen molar-refractivity contribution in [3.8, 4) is 0 Å². The normalized spacial score (nSPS) is 25.7. The molecule has 0 aliphatic carbocycles. The van der Waals surface area contributed by atoms with Crippen LogP contribution in [-0.2, 0) is 11.3 Å². The van der Waals surface area contributed by atoms with Gasteiger partial charge in [-0.05, 0) is 44.3 Å². The van der Waals surface area contributed by atoms with Crippen molar-refractivity contribution in [1.29, 1.82) is 0 Å². The number of H-pyrrole nitrogens is 1. The Morgan fingerprint density at radius 3 is 2.57 bits per heavy atom. The Hall–Kier alpha value is -1.44. The SMILES string of the molecule is O=C(O)CN1CCC2(CC1)CCN(Cc1ncc[nH]1)CC2CO. The number of aromatic nitrogens is 2. The summed E-state index contributed by atoms with van der Waals surface area (Å²) in [5, 5.41) is 18.8. The minimum atomic E-state index is -0.757. The van der Waals surface area contributed by atoms with Crippen molar-refractivity contribution in [3.63, 3.8) is 0 Å². The van der Waals surface area contributed by atoms with E-state index < -0.39 is 5.97 Å². The van der Waals surface area contributed by atoms with Crippen LogP contribution in [0.25, 0.3) is 0 Å². The van der Waals surface area contributed by atoms with Gasteiger partial charge in [-0.2, -0.15) is 0 Å². The molecule has 0 aromatic carbocycles. The molecule has 2 aliphatic rings. The lowest BCUT2D eigenvalue weighted by atomic mass is 9.64. The molecule has 23 heavy (non-hydrogen) atoms. The summed E-state index contributed by atoms with van der Waals surface area (Å²) < 4.78 is 0. The summed E-state index contributed by atoms with van der Waals surface area (Å²) in [6.45, 7) is 4.66. The zero-order chi connectivity index (χ0) is 16.3. The smallest absolute Gasteiger partial charge is 0.317 e. The standard InChI is InChI=1S/C16H26N4O3/c21-12-13-9-20(10-14-17-4-5-18-14)8-3-16(13)1-6-19(7-2-16)11-15(22)23/h4-5,13,21H,1-3,6-12H2,(H,17,18)(H,22,23). The molecular formula is C16H26N4O3. The number of hydrogen-bond donors (Lipinski definition) is 3. The maximum Gasteiger partial charge on any atom is 0.317 e. The second-order valence-corrected chi connectivity index (χ2v) is 6.93. The van der Waals surface area contributed by atoms with Gasteiger partial charge >= 0.3 is 5.97 Å². The Morgan fingerprint density at radius 2 is 2.00 bits per heavy atom. The molecule has 1 unspecified atom stereocenters. The zero-order valence-electron chi connectivity index (χ0n) is 13.4. The third kappa shape index (κ3) is 3.73. The summed E-state index contributed by atoms with van der Waals surface area (Å²) in [7, 11) is 0. The number of piperidine rings is 2. The minimum absolute atomic E-state index is 0.129. The Balaban J connectivity index is 1.58. The number of aromatic amines is 1. The van der Waals surface area contributed by atoms with Crippen molar-refractivity contribution in [2.24, 2.45) is 11.3 Å². The minimum Gasteiger partial charge on any atom is -0.480 e. The van der Waals surface area contributed by atoms with Crippen LogP contribution in [0.1, 0.15) is 25.1 Å². The van der Waals surface area contributed by atoms with E-state index in [0.717, 1.165) is 57.8 Å². The number of aliphatic hydroxyl groups excluding tert-OH is 1. The highest BCUT2D eigenvalue weighted by molar-refractivity contribution is 5.69. The first-order valence-corrected chi connectivity index (χ1v) is 8.37. The van der Waals surface area contributed by atoms with Crippen LogP contribution >= 0.6 is 0 Å². The van der Waals surface area contributed by atoms with Crippen molar-refractivity contribution in [3.05, 3.63) is 18.2 Å². The third-order valence-corrected chi connectivity index (χ3v) is 5.63. The maximum absolute atomic E-state index is 10.9. The van der Waals surface area contributed by atoms with E-state index in [2.05, 4.69) is 14.9 Å². The van der Waals surface area contributed by atoms with Gasteiger partial charge in [0, 0.05) is 31.5 Å². The first kappa shape index (κ1) is 16.4. The monoisotopic (exact) mass is 322 g/mol. The van der Waals surface area contributed by atoms with Gasteiger partial charge in [0.1, 0.15) is 5.82 Å². The van der Waals surface area contributed by atoms with E-state index >= 15 is 0 Å². The van der Waals surface area contributed by atoms with E-state index in [1.165, 1.54) is 0 Å². The van der Waals surface area contributed by atoms with Gasteiger partial charge in [0.05, 0.1) is 13.1 Å². The molecule has 3 N–H and O–H groups in total. The first-order valence-electron chi connectivity index (χ1n) is 8.37. The highest BCUT2D eigenvalue weighted by Gasteiger charge is 2.44. The lowest BCUT2D eigenvalue weighted by molar-refractivity contribution is -0.139. The van der Waals surface area contributed by atoms with Gasteiger partial charge < -0.3 is 15.2 Å². The fourth-order valence-electron chi connectivity index (χ4n) is 4.18. The number of hydrogen-bond acceptors (Lipinski definition) is 5. The number of aliphatic carboxylic acids is 1. The summed E-state index contributed by atoms with van der Waals surface area (Å²) in [4.78, 5) is 22.6. The van der Waals surface area contributed by atoms with Crippen LogP contribution in [0, 0.1) is 11.3 Å². The maximum atomic E-state index is 10.9. The molecular weight excluding hydrogens is 296 g/mol. The highest BCUT2D eigenvalue weighted by Crippen LogP contribution is 2.45. The van der Waals surface area contributed by atoms with E-state index in [9.17, 15) is 9.90 Å². The predicted molar refractivity (Wildman–Crippen MR) is 84.8 cm³/mol. The van der Waals surface area contributed by atoms with Crippen molar-refractivity contribution in [1.82, 2.24) is 19.8 Å². The number of nitrogens with one attached hydrogen (secondary N) is 1. The molecule has 2 saturated heterocycles. The van der Waals surface area contributed by atoms with Gasteiger partial charge in [0.2, 0.25) is 0 Å². The number of carboxylic acid groups (broad SMARTS) is 1. The van der Waals surface area contributed by atoms with Crippen LogP contribution in [-0.4, -0.2) is 75.3 Å². The summed E-state index contributed by atoms with van der Waals surface area (Å²) in [6.07, 6.45) is 6.64. The molecule has 0 amide bonds. The lowest BCUT2D eigenvalue weighted by Gasteiger charge is -2.51. The molecule has 0 radical (unpaired) electrons. The molecule has 0 saturated carbocycles. The predicted octanol–water partition coefficient (Wildman–Crippen LogP) is 0.391. The summed E-state index contributed by atoms with van der Waals surface area (Å²) in [5.41, 5.74) is 0.170. The Bertz CT molecular complexity index is 511. The topological polar surface area (TPSA) is 92.7 Å². The van der Waals surface area contributed by atoms with Gasteiger partial charge in [-0.1, -0.05) is 0 Å². The van der Waals surface area contributed by atoms with Crippen molar-refractivity contribution in [2.45, 2.75) is 25.8 Å². The van der Waals surface area contributed by atoms with Gasteiger partial charge in [0.25, 0.3) is 0 Å². The van der Waals surface area contributed by atoms with E-state index in [-0.39, 0.29) is 24.5 Å². The molecule has 2 fully saturated rings. The fraction of sp³-hybridized carbons (Fsp3) is 0.750. The molecule has 7 heteroatoms. The van der Waals surface area contributed by atoms with Crippen LogP contribution in [0.4, 0.5) is 0 Å². The number of aliphatic hydroxyl groups is 1. The quantitative estimate of drug-likeness (QED) is 0.726. The molecule has 1 aromatic heterocycles. The average molecular weight is 322 g/mol. The molecule has 1 atom stereocenters. The van der Waals surface area contributed by atoms with E-state index in [0.29, 0.717) is 0 Å². The van der Waals surface area contributed by atoms with Crippen LogP contribution in [0.3, 0.4) is 0 Å². The fourth-order valence-corrected chi connectivity index (χ4v) is 4.18. The molecule has 7 nitrogen and oxygen atoms in total. The molecule has 1 spiro atoms. The lowest BCUT2D eigenvalue weighted by Crippen LogP contribution is -2.53. The van der Waals surface area contributed by atoms with E-state index in [1.807, 2.05) is 11.1 Å². The summed E-state index contributed by atoms with van der Waals surface area (Å²) in [5.74, 6) is 0.472. The van der Waals surface area contributed by atoms with Crippen molar-refractivity contribution in [2.75, 3.05) is 39.3 Å². The van der Waals surface area contributed by atoms with Gasteiger partial charge in [-0.25, -0.2) is 4.98 Å². The Morgan fingerprint density at radius 1 is 1.30 bits per heavy atom. The summed E-state index contributed by atoms with van der Waals surface area (Å²) >= 11 is 0. The number of nitrogens with zero attached hydrogens (tertiary/aromatic N) is 3. The average Bonchev–Trinajstić information content (AvgIpc) is 3.04. The Kier molecular flexibility index (Phi) is 4.99. The number of rotatable bonds is 5. The van der Waals surface area contributed by atoms with Crippen LogP contribution < -0.4 is 0 Å². The molecule has 1 aromatic rings. The molecule has 0 bridgehead atoms. The van der Waals surface area contributed by atoms with Crippen LogP contribution in [0.2, 0.25) is 0 Å². The van der Waals surface area contributed by atoms with Gasteiger partial charge in [-0.3, -0.25) is 14.6 Å².